The Bertz CT molecular complexity index is 560. The topological polar surface area (TPSA) is 48.0 Å². The highest BCUT2D eigenvalue weighted by Crippen LogP contribution is 2.33. The Balaban J connectivity index is 1.70. The summed E-state index contributed by atoms with van der Waals surface area (Å²) in [4.78, 5) is 14.3. The Kier molecular flexibility index (Phi) is 5.06. The molecule has 1 aromatic carbocycles. The van der Waals surface area contributed by atoms with E-state index in [0.29, 0.717) is 13.2 Å². The second-order valence-corrected chi connectivity index (χ2v) is 6.37. The van der Waals surface area contributed by atoms with Crippen LogP contribution in [0.2, 0.25) is 0 Å². The number of fused-ring (bicyclic) bond motifs is 1. The Hall–Kier alpha value is -1.75. The zero-order valence-corrected chi connectivity index (χ0v) is 13.9. The van der Waals surface area contributed by atoms with Crippen LogP contribution in [0.25, 0.3) is 0 Å². The lowest BCUT2D eigenvalue weighted by Gasteiger charge is -2.36. The number of hydrogen-bond donors (Lipinski definition) is 0. The van der Waals surface area contributed by atoms with Gasteiger partial charge in [-0.15, -0.1) is 0 Å². The molecule has 5 nitrogen and oxygen atoms in total. The Morgan fingerprint density at radius 2 is 1.96 bits per heavy atom. The minimum Gasteiger partial charge on any atom is -0.486 e. The van der Waals surface area contributed by atoms with E-state index in [2.05, 4.69) is 18.0 Å². The number of carbonyl (C=O) groups is 1. The van der Waals surface area contributed by atoms with Gasteiger partial charge in [-0.05, 0) is 37.6 Å². The third-order valence-electron chi connectivity index (χ3n) is 4.84. The van der Waals surface area contributed by atoms with Crippen LogP contribution < -0.4 is 9.47 Å². The van der Waals surface area contributed by atoms with Crippen LogP contribution >= 0.6 is 0 Å². The van der Waals surface area contributed by atoms with Crippen molar-refractivity contribution < 1.29 is 19.0 Å². The van der Waals surface area contributed by atoms with Crippen LogP contribution in [-0.2, 0) is 16.1 Å². The van der Waals surface area contributed by atoms with Crippen molar-refractivity contribution in [2.24, 2.45) is 5.92 Å². The van der Waals surface area contributed by atoms with Crippen LogP contribution in [0.4, 0.5) is 0 Å². The average molecular weight is 319 g/mol. The molecule has 0 bridgehead atoms. The molecule has 5 heteroatoms. The average Bonchev–Trinajstić information content (AvgIpc) is 2.61. The monoisotopic (exact) mass is 319 g/mol. The maximum atomic E-state index is 12.0. The van der Waals surface area contributed by atoms with Gasteiger partial charge in [-0.3, -0.25) is 9.69 Å². The van der Waals surface area contributed by atoms with E-state index in [-0.39, 0.29) is 17.9 Å². The van der Waals surface area contributed by atoms with Gasteiger partial charge in [0.25, 0.3) is 0 Å². The normalized spacial score (nSPS) is 23.6. The predicted molar refractivity (Wildman–Crippen MR) is 86.7 cm³/mol. The summed E-state index contributed by atoms with van der Waals surface area (Å²) < 4.78 is 16.2. The van der Waals surface area contributed by atoms with Gasteiger partial charge in [-0.25, -0.2) is 0 Å². The van der Waals surface area contributed by atoms with E-state index >= 15 is 0 Å². The van der Waals surface area contributed by atoms with Gasteiger partial charge in [-0.1, -0.05) is 18.9 Å². The number of methoxy groups -OCH3 is 1. The lowest BCUT2D eigenvalue weighted by molar-refractivity contribution is -0.149. The van der Waals surface area contributed by atoms with Crippen molar-refractivity contribution in [2.75, 3.05) is 27.4 Å². The first-order valence-electron chi connectivity index (χ1n) is 8.35. The second kappa shape index (κ2) is 7.21. The summed E-state index contributed by atoms with van der Waals surface area (Å²) in [5.74, 6) is 1.53. The van der Waals surface area contributed by atoms with E-state index in [9.17, 15) is 4.79 Å². The molecular formula is C18H25NO4. The highest BCUT2D eigenvalue weighted by molar-refractivity contribution is 5.73. The molecule has 3 rings (SSSR count). The summed E-state index contributed by atoms with van der Waals surface area (Å²) in [5.41, 5.74) is 1.17. The molecule has 1 aromatic rings. The quantitative estimate of drug-likeness (QED) is 0.799. The molecule has 1 saturated carbocycles. The van der Waals surface area contributed by atoms with Crippen molar-refractivity contribution in [2.45, 2.75) is 38.3 Å². The maximum Gasteiger partial charge on any atom is 0.310 e. The number of benzene rings is 1. The van der Waals surface area contributed by atoms with Gasteiger partial charge in [0.15, 0.2) is 11.5 Å². The van der Waals surface area contributed by atoms with E-state index in [1.807, 2.05) is 12.1 Å². The molecule has 0 saturated heterocycles. The number of nitrogens with zero attached hydrogens (tertiary/aromatic N) is 1. The second-order valence-electron chi connectivity index (χ2n) is 6.37. The van der Waals surface area contributed by atoms with Crippen LogP contribution in [0, 0.1) is 5.92 Å². The summed E-state index contributed by atoms with van der Waals surface area (Å²) in [6.45, 7) is 1.99. The lowest BCUT2D eigenvalue weighted by atomic mass is 9.83. The summed E-state index contributed by atoms with van der Waals surface area (Å²) in [7, 11) is 3.57. The van der Waals surface area contributed by atoms with Gasteiger partial charge in [0, 0.05) is 12.6 Å². The zero-order chi connectivity index (χ0) is 16.2. The molecule has 1 aliphatic carbocycles. The minimum absolute atomic E-state index is 0.0176. The van der Waals surface area contributed by atoms with E-state index in [1.54, 1.807) is 0 Å². The highest BCUT2D eigenvalue weighted by atomic mass is 16.6. The molecular weight excluding hydrogens is 294 g/mol. The van der Waals surface area contributed by atoms with Gasteiger partial charge in [-0.2, -0.15) is 0 Å². The van der Waals surface area contributed by atoms with Crippen LogP contribution in [0.1, 0.15) is 31.2 Å². The molecule has 2 atom stereocenters. The Morgan fingerprint density at radius 3 is 2.74 bits per heavy atom. The predicted octanol–water partition coefficient (Wildman–Crippen LogP) is 2.62. The van der Waals surface area contributed by atoms with Gasteiger partial charge in [0.2, 0.25) is 0 Å². The Labute approximate surface area is 137 Å². The molecule has 23 heavy (non-hydrogen) atoms. The first kappa shape index (κ1) is 16.1. The molecule has 1 fully saturated rings. The summed E-state index contributed by atoms with van der Waals surface area (Å²) in [6, 6.07) is 6.32. The fraction of sp³-hybridized carbons (Fsp3) is 0.611. The molecule has 2 aliphatic rings. The fourth-order valence-corrected chi connectivity index (χ4v) is 3.66. The van der Waals surface area contributed by atoms with Crippen LogP contribution in [0.5, 0.6) is 11.5 Å². The summed E-state index contributed by atoms with van der Waals surface area (Å²) in [5, 5.41) is 0. The molecule has 0 radical (unpaired) electrons. The number of ether oxygens (including phenoxy) is 3. The van der Waals surface area contributed by atoms with Crippen LogP contribution in [-0.4, -0.2) is 44.3 Å². The van der Waals surface area contributed by atoms with Crippen molar-refractivity contribution >= 4 is 5.97 Å². The number of rotatable bonds is 4. The number of hydrogen-bond acceptors (Lipinski definition) is 5. The lowest BCUT2D eigenvalue weighted by Crippen LogP contribution is -2.43. The van der Waals surface area contributed by atoms with Crippen LogP contribution in [0.15, 0.2) is 18.2 Å². The third kappa shape index (κ3) is 3.61. The number of carbonyl (C=O) groups excluding carboxylic acids is 1. The summed E-state index contributed by atoms with van der Waals surface area (Å²) >= 11 is 0. The molecule has 126 valence electrons. The van der Waals surface area contributed by atoms with Crippen molar-refractivity contribution in [3.05, 3.63) is 23.8 Å². The molecule has 1 aliphatic heterocycles. The van der Waals surface area contributed by atoms with Crippen LogP contribution in [0.3, 0.4) is 0 Å². The first-order chi connectivity index (χ1) is 11.2. The SMILES string of the molecule is COC(=O)C1CCCCC1N(C)Cc1ccc2c(c1)OCCO2. The van der Waals surface area contributed by atoms with E-state index in [0.717, 1.165) is 37.3 Å². The molecule has 0 amide bonds. The molecule has 0 spiro atoms. The molecule has 0 N–H and O–H groups in total. The van der Waals surface area contributed by atoms with Gasteiger partial charge in [0.1, 0.15) is 13.2 Å². The Morgan fingerprint density at radius 1 is 1.22 bits per heavy atom. The van der Waals surface area contributed by atoms with Crippen molar-refractivity contribution in [3.63, 3.8) is 0 Å². The third-order valence-corrected chi connectivity index (χ3v) is 4.84. The van der Waals surface area contributed by atoms with E-state index in [4.69, 9.17) is 14.2 Å². The molecule has 2 unspecified atom stereocenters. The highest BCUT2D eigenvalue weighted by Gasteiger charge is 2.34. The molecule has 0 aromatic heterocycles. The minimum atomic E-state index is -0.0799. The van der Waals surface area contributed by atoms with Crippen molar-refractivity contribution in [1.29, 1.82) is 0 Å². The fourth-order valence-electron chi connectivity index (χ4n) is 3.66. The van der Waals surface area contributed by atoms with Gasteiger partial charge < -0.3 is 14.2 Å². The largest absolute Gasteiger partial charge is 0.486 e. The summed E-state index contributed by atoms with van der Waals surface area (Å²) in [6.07, 6.45) is 4.24. The van der Waals surface area contributed by atoms with Crippen molar-refractivity contribution in [3.8, 4) is 11.5 Å². The number of esters is 1. The van der Waals surface area contributed by atoms with Gasteiger partial charge in [0.05, 0.1) is 13.0 Å². The zero-order valence-electron chi connectivity index (χ0n) is 13.9. The smallest absolute Gasteiger partial charge is 0.310 e. The van der Waals surface area contributed by atoms with E-state index < -0.39 is 0 Å². The van der Waals surface area contributed by atoms with E-state index in [1.165, 1.54) is 19.1 Å². The van der Waals surface area contributed by atoms with Gasteiger partial charge >= 0.3 is 5.97 Å². The van der Waals surface area contributed by atoms with Crippen molar-refractivity contribution in [1.82, 2.24) is 4.90 Å². The maximum absolute atomic E-state index is 12.0. The standard InChI is InChI=1S/C18H25NO4/c1-19(15-6-4-3-5-14(15)18(20)21-2)12-13-7-8-16-17(11-13)23-10-9-22-16/h7-8,11,14-15H,3-6,9-10,12H2,1-2H3. The first-order valence-corrected chi connectivity index (χ1v) is 8.35. The molecule has 1 heterocycles.